The molecule has 3 heterocycles. The first-order valence-corrected chi connectivity index (χ1v) is 12.4. The Bertz CT molecular complexity index is 1080. The van der Waals surface area contributed by atoms with E-state index in [9.17, 15) is 4.79 Å². The van der Waals surface area contributed by atoms with Crippen molar-refractivity contribution in [3.8, 4) is 0 Å². The molecule has 2 fully saturated rings. The van der Waals surface area contributed by atoms with E-state index >= 15 is 0 Å². The second-order valence-corrected chi connectivity index (χ2v) is 9.17. The van der Waals surface area contributed by atoms with Gasteiger partial charge in [0, 0.05) is 31.7 Å². The first-order chi connectivity index (χ1) is 17.2. The summed E-state index contributed by atoms with van der Waals surface area (Å²) in [5, 5.41) is 6.91. The van der Waals surface area contributed by atoms with Crippen molar-refractivity contribution < 1.29 is 9.21 Å². The van der Waals surface area contributed by atoms with E-state index in [1.54, 1.807) is 12.1 Å². The van der Waals surface area contributed by atoms with E-state index in [0.717, 1.165) is 45.3 Å². The highest BCUT2D eigenvalue weighted by Crippen LogP contribution is 2.22. The number of carbonyl (C=O) groups excluding carboxylic acids is 1. The number of furan rings is 1. The van der Waals surface area contributed by atoms with Crippen molar-refractivity contribution in [2.24, 2.45) is 0 Å². The second kappa shape index (κ2) is 11.2. The van der Waals surface area contributed by atoms with Crippen molar-refractivity contribution in [3.05, 3.63) is 60.1 Å². The summed E-state index contributed by atoms with van der Waals surface area (Å²) in [6, 6.07) is 14.5. The molecule has 4 N–H and O–H groups in total. The Balaban J connectivity index is 1.21. The number of amides is 1. The van der Waals surface area contributed by atoms with Gasteiger partial charge in [0.2, 0.25) is 17.8 Å². The molecule has 1 amide bonds. The topological polar surface area (TPSA) is 120 Å². The van der Waals surface area contributed by atoms with Gasteiger partial charge in [-0.15, -0.1) is 0 Å². The molecule has 0 unspecified atom stereocenters. The number of carbonyl (C=O) groups is 1. The molecule has 10 heteroatoms. The Morgan fingerprint density at radius 2 is 1.51 bits per heavy atom. The van der Waals surface area contributed by atoms with Gasteiger partial charge in [-0.25, -0.2) is 0 Å². The number of aromatic nitrogens is 3. The van der Waals surface area contributed by atoms with E-state index in [1.807, 2.05) is 0 Å². The minimum absolute atomic E-state index is 0.205. The maximum absolute atomic E-state index is 12.2. The Morgan fingerprint density at radius 1 is 0.857 bits per heavy atom. The van der Waals surface area contributed by atoms with Gasteiger partial charge in [-0.1, -0.05) is 43.2 Å². The van der Waals surface area contributed by atoms with Crippen LogP contribution in [0.5, 0.6) is 0 Å². The number of anilines is 3. The summed E-state index contributed by atoms with van der Waals surface area (Å²) < 4.78 is 5.13. The molecule has 3 aromatic rings. The highest BCUT2D eigenvalue weighted by molar-refractivity contribution is 5.91. The number of likely N-dealkylation sites (tertiary alicyclic amines) is 1. The minimum Gasteiger partial charge on any atom is -0.459 e. The van der Waals surface area contributed by atoms with Gasteiger partial charge >= 0.3 is 5.91 Å². The van der Waals surface area contributed by atoms with Crippen LogP contribution in [0, 0.1) is 0 Å². The van der Waals surface area contributed by atoms with Crippen LogP contribution in [0.15, 0.2) is 53.1 Å². The van der Waals surface area contributed by atoms with E-state index in [2.05, 4.69) is 71.7 Å². The molecule has 1 aliphatic carbocycles. The molecular weight excluding hydrogens is 444 g/mol. The molecule has 0 atom stereocenters. The van der Waals surface area contributed by atoms with E-state index in [4.69, 9.17) is 4.42 Å². The summed E-state index contributed by atoms with van der Waals surface area (Å²) >= 11 is 0. The Morgan fingerprint density at radius 3 is 2.17 bits per heavy atom. The summed E-state index contributed by atoms with van der Waals surface area (Å²) in [6.45, 7) is 2.99. The van der Waals surface area contributed by atoms with Crippen molar-refractivity contribution in [2.75, 3.05) is 29.1 Å². The average molecular weight is 477 g/mol. The van der Waals surface area contributed by atoms with Crippen LogP contribution in [0.3, 0.4) is 0 Å². The summed E-state index contributed by atoms with van der Waals surface area (Å²) in [6.07, 6.45) is 8.08. The lowest BCUT2D eigenvalue weighted by molar-refractivity contribution is 0.0935. The number of hydrogen-bond donors (Lipinski definition) is 4. The number of nitrogens with one attached hydrogen (secondary N) is 4. The number of hydrogen-bond acceptors (Lipinski definition) is 9. The maximum atomic E-state index is 12.2. The lowest BCUT2D eigenvalue weighted by Crippen LogP contribution is -2.39. The van der Waals surface area contributed by atoms with Crippen LogP contribution in [-0.4, -0.2) is 50.9 Å². The zero-order valence-corrected chi connectivity index (χ0v) is 19.7. The van der Waals surface area contributed by atoms with Gasteiger partial charge in [0.15, 0.2) is 5.76 Å². The number of piperidine rings is 1. The number of nitrogens with zero attached hydrogens (tertiary/aromatic N) is 4. The highest BCUT2D eigenvalue weighted by Gasteiger charge is 2.22. The summed E-state index contributed by atoms with van der Waals surface area (Å²) in [5.41, 5.74) is 6.72. The monoisotopic (exact) mass is 476 g/mol. The highest BCUT2D eigenvalue weighted by atomic mass is 16.3. The van der Waals surface area contributed by atoms with E-state index in [-0.39, 0.29) is 17.8 Å². The molecule has 35 heavy (non-hydrogen) atoms. The molecule has 2 aromatic heterocycles. The SMILES string of the molecule is O=C(NNc1nc(NC2CCCC2)nc(NC2CCN(Cc3ccccc3)CC2)n1)c1ccco1. The van der Waals surface area contributed by atoms with Crippen LogP contribution < -0.4 is 21.5 Å². The number of benzene rings is 1. The van der Waals surface area contributed by atoms with Crippen LogP contribution >= 0.6 is 0 Å². The van der Waals surface area contributed by atoms with E-state index in [1.165, 1.54) is 24.7 Å². The Kier molecular flexibility index (Phi) is 7.38. The fourth-order valence-corrected chi connectivity index (χ4v) is 4.66. The Labute approximate surface area is 204 Å². The predicted octanol–water partition coefficient (Wildman–Crippen LogP) is 3.65. The molecule has 1 aliphatic heterocycles. The summed E-state index contributed by atoms with van der Waals surface area (Å²) in [4.78, 5) is 28.3. The molecule has 184 valence electrons. The van der Waals surface area contributed by atoms with Gasteiger partial charge in [0.25, 0.3) is 0 Å². The van der Waals surface area contributed by atoms with Gasteiger partial charge in [-0.2, -0.15) is 15.0 Å². The first kappa shape index (κ1) is 23.1. The third-order valence-electron chi connectivity index (χ3n) is 6.53. The second-order valence-electron chi connectivity index (χ2n) is 9.17. The molecule has 1 saturated heterocycles. The van der Waals surface area contributed by atoms with Gasteiger partial charge in [-0.05, 0) is 43.4 Å². The number of rotatable bonds is 9. The molecule has 5 rings (SSSR count). The van der Waals surface area contributed by atoms with E-state index < -0.39 is 5.91 Å². The molecule has 1 aromatic carbocycles. The zero-order chi connectivity index (χ0) is 23.9. The normalized spacial score (nSPS) is 17.3. The minimum atomic E-state index is -0.402. The largest absolute Gasteiger partial charge is 0.459 e. The molecule has 1 saturated carbocycles. The van der Waals surface area contributed by atoms with Crippen molar-refractivity contribution >= 4 is 23.8 Å². The third kappa shape index (κ3) is 6.48. The van der Waals surface area contributed by atoms with Crippen LogP contribution in [0.2, 0.25) is 0 Å². The lowest BCUT2D eigenvalue weighted by Gasteiger charge is -2.32. The molecule has 2 aliphatic rings. The van der Waals surface area contributed by atoms with Crippen LogP contribution in [0.4, 0.5) is 17.8 Å². The quantitative estimate of drug-likeness (QED) is 0.343. The fourth-order valence-electron chi connectivity index (χ4n) is 4.66. The van der Waals surface area contributed by atoms with Gasteiger partial charge < -0.3 is 15.1 Å². The third-order valence-corrected chi connectivity index (χ3v) is 6.53. The zero-order valence-electron chi connectivity index (χ0n) is 19.7. The van der Waals surface area contributed by atoms with Gasteiger partial charge in [0.1, 0.15) is 0 Å². The van der Waals surface area contributed by atoms with Crippen molar-refractivity contribution in [1.82, 2.24) is 25.3 Å². The van der Waals surface area contributed by atoms with Crippen LogP contribution in [0.25, 0.3) is 0 Å². The van der Waals surface area contributed by atoms with Crippen LogP contribution in [0.1, 0.15) is 54.6 Å². The summed E-state index contributed by atoms with van der Waals surface area (Å²) in [7, 11) is 0. The van der Waals surface area contributed by atoms with Crippen molar-refractivity contribution in [1.29, 1.82) is 0 Å². The molecular formula is C25H32N8O2. The fraction of sp³-hybridized carbons (Fsp3) is 0.440. The molecule has 0 spiro atoms. The lowest BCUT2D eigenvalue weighted by atomic mass is 10.0. The Hall–Kier alpha value is -3.66. The predicted molar refractivity (Wildman–Crippen MR) is 134 cm³/mol. The smallest absolute Gasteiger partial charge is 0.305 e. The maximum Gasteiger partial charge on any atom is 0.305 e. The van der Waals surface area contributed by atoms with E-state index in [0.29, 0.717) is 17.9 Å². The average Bonchev–Trinajstić information content (AvgIpc) is 3.59. The van der Waals surface area contributed by atoms with Gasteiger partial charge in [0.05, 0.1) is 6.26 Å². The van der Waals surface area contributed by atoms with Crippen molar-refractivity contribution in [2.45, 2.75) is 57.2 Å². The van der Waals surface area contributed by atoms with Crippen molar-refractivity contribution in [3.63, 3.8) is 0 Å². The molecule has 0 radical (unpaired) electrons. The molecule has 10 nitrogen and oxygen atoms in total. The number of hydrazine groups is 1. The standard InChI is InChI=1S/C25H32N8O2/c34-22(21-11-6-16-35-21)31-32-25-29-23(26-19-9-4-5-10-19)28-24(30-25)27-20-12-14-33(15-13-20)17-18-7-2-1-3-8-18/h1-3,6-8,11,16,19-20H,4-5,9-10,12-15,17H2,(H,31,34)(H3,26,27,28,29,30,32). The first-order valence-electron chi connectivity index (χ1n) is 12.4. The van der Waals surface area contributed by atoms with Crippen LogP contribution in [-0.2, 0) is 6.54 Å². The summed E-state index contributed by atoms with van der Waals surface area (Å²) in [5.74, 6) is 1.07. The van der Waals surface area contributed by atoms with Gasteiger partial charge in [-0.3, -0.25) is 20.5 Å². The molecule has 0 bridgehead atoms.